The zero-order valence-electron chi connectivity index (χ0n) is 17.4. The molecule has 8 nitrogen and oxygen atoms in total. The summed E-state index contributed by atoms with van der Waals surface area (Å²) in [7, 11) is 3.51. The summed E-state index contributed by atoms with van der Waals surface area (Å²) in [5, 5.41) is 6.04. The second-order valence-electron chi connectivity index (χ2n) is 7.78. The number of piperidine rings is 2. The van der Waals surface area contributed by atoms with Crippen molar-refractivity contribution in [2.24, 2.45) is 5.92 Å². The number of nitrogens with one attached hydrogen (secondary N) is 2. The predicted octanol–water partition coefficient (Wildman–Crippen LogP) is 1.27. The van der Waals surface area contributed by atoms with Crippen molar-refractivity contribution in [2.75, 3.05) is 63.7 Å². The highest BCUT2D eigenvalue weighted by Gasteiger charge is 2.31. The lowest BCUT2D eigenvalue weighted by Gasteiger charge is -2.42. The number of likely N-dealkylation sites (tertiary alicyclic amines) is 1. The minimum atomic E-state index is 0.103. The Hall–Kier alpha value is -1.93. The molecule has 1 amide bonds. The van der Waals surface area contributed by atoms with Crippen LogP contribution in [0.3, 0.4) is 0 Å². The number of carbonyl (C=O) groups excluding carboxylic acids is 1. The monoisotopic (exact) mass is 390 g/mol. The number of aromatic nitrogens is 2. The highest BCUT2D eigenvalue weighted by atomic mass is 16.5. The molecule has 1 aromatic heterocycles. The van der Waals surface area contributed by atoms with E-state index in [-0.39, 0.29) is 11.8 Å². The van der Waals surface area contributed by atoms with E-state index in [1.54, 1.807) is 7.11 Å². The summed E-state index contributed by atoms with van der Waals surface area (Å²) in [6, 6.07) is 2.61. The Morgan fingerprint density at radius 3 is 2.75 bits per heavy atom. The second kappa shape index (κ2) is 10.0. The second-order valence-corrected chi connectivity index (χ2v) is 7.78. The lowest BCUT2D eigenvalue weighted by molar-refractivity contribution is -0.127. The van der Waals surface area contributed by atoms with Gasteiger partial charge < -0.3 is 20.3 Å². The molecule has 1 unspecified atom stereocenters. The number of carbonyl (C=O) groups is 1. The first-order valence-electron chi connectivity index (χ1n) is 10.4. The van der Waals surface area contributed by atoms with Gasteiger partial charge in [0.2, 0.25) is 11.9 Å². The van der Waals surface area contributed by atoms with Crippen LogP contribution in [0.1, 0.15) is 31.4 Å². The molecule has 2 fully saturated rings. The third kappa shape index (κ3) is 5.32. The molecule has 8 heteroatoms. The van der Waals surface area contributed by atoms with E-state index in [0.29, 0.717) is 25.1 Å². The van der Waals surface area contributed by atoms with E-state index in [1.165, 1.54) is 0 Å². The summed E-state index contributed by atoms with van der Waals surface area (Å²) < 4.78 is 5.02. The number of hydrogen-bond acceptors (Lipinski definition) is 7. The maximum Gasteiger partial charge on any atom is 0.224 e. The van der Waals surface area contributed by atoms with Crippen LogP contribution in [0.25, 0.3) is 0 Å². The van der Waals surface area contributed by atoms with Crippen molar-refractivity contribution in [1.29, 1.82) is 0 Å². The van der Waals surface area contributed by atoms with E-state index < -0.39 is 0 Å². The van der Waals surface area contributed by atoms with Gasteiger partial charge >= 0.3 is 0 Å². The first-order chi connectivity index (χ1) is 13.6. The number of nitrogens with zero attached hydrogens (tertiary/aromatic N) is 4. The van der Waals surface area contributed by atoms with Gasteiger partial charge in [0.15, 0.2) is 0 Å². The fraction of sp³-hybridized carbons (Fsp3) is 0.750. The molecule has 2 aliphatic heterocycles. The Morgan fingerprint density at radius 1 is 1.25 bits per heavy atom. The summed E-state index contributed by atoms with van der Waals surface area (Å²) in [6.07, 6.45) is 4.30. The predicted molar refractivity (Wildman–Crippen MR) is 111 cm³/mol. The van der Waals surface area contributed by atoms with Gasteiger partial charge in [0.05, 0.1) is 12.5 Å². The molecule has 0 bridgehead atoms. The molecule has 3 heterocycles. The maximum absolute atomic E-state index is 12.4. The van der Waals surface area contributed by atoms with Crippen LogP contribution >= 0.6 is 0 Å². The van der Waals surface area contributed by atoms with Crippen LogP contribution in [0.4, 0.5) is 11.8 Å². The quantitative estimate of drug-likeness (QED) is 0.679. The van der Waals surface area contributed by atoms with Gasteiger partial charge in [-0.05, 0) is 39.2 Å². The van der Waals surface area contributed by atoms with Crippen molar-refractivity contribution in [3.63, 3.8) is 0 Å². The van der Waals surface area contributed by atoms with Crippen LogP contribution in [0.15, 0.2) is 6.07 Å². The first kappa shape index (κ1) is 20.8. The van der Waals surface area contributed by atoms with E-state index in [2.05, 4.69) is 36.5 Å². The van der Waals surface area contributed by atoms with Crippen LogP contribution in [0.5, 0.6) is 0 Å². The number of hydrogen-bond donors (Lipinski definition) is 2. The molecule has 0 aromatic carbocycles. The van der Waals surface area contributed by atoms with Crippen molar-refractivity contribution in [2.45, 2.75) is 38.6 Å². The van der Waals surface area contributed by atoms with Crippen LogP contribution in [0.2, 0.25) is 0 Å². The topological polar surface area (TPSA) is 82.6 Å². The van der Waals surface area contributed by atoms with Gasteiger partial charge in [0, 0.05) is 58.1 Å². The zero-order valence-corrected chi connectivity index (χ0v) is 17.4. The number of aryl methyl sites for hydroxylation is 1. The first-order valence-corrected chi connectivity index (χ1v) is 10.4. The van der Waals surface area contributed by atoms with Crippen LogP contribution in [0, 0.1) is 12.8 Å². The number of methoxy groups -OCH3 is 1. The van der Waals surface area contributed by atoms with E-state index in [0.717, 1.165) is 63.4 Å². The smallest absolute Gasteiger partial charge is 0.224 e. The van der Waals surface area contributed by atoms with Crippen molar-refractivity contribution in [1.82, 2.24) is 20.2 Å². The van der Waals surface area contributed by atoms with Crippen molar-refractivity contribution in [3.8, 4) is 0 Å². The molecule has 0 spiro atoms. The number of amides is 1. The molecule has 3 rings (SSSR count). The van der Waals surface area contributed by atoms with Gasteiger partial charge in [-0.3, -0.25) is 9.69 Å². The Kier molecular flexibility index (Phi) is 7.44. The SMILES string of the molecule is CNc1nc(C)cc(N2CCC(N3CCCC(C(=O)NCCOC)C3)CC2)n1. The highest BCUT2D eigenvalue weighted by Crippen LogP contribution is 2.26. The molecule has 1 aromatic rings. The van der Waals surface area contributed by atoms with Gasteiger partial charge in [-0.25, -0.2) is 4.98 Å². The Morgan fingerprint density at radius 2 is 2.04 bits per heavy atom. The molecule has 1 atom stereocenters. The van der Waals surface area contributed by atoms with Gasteiger partial charge in [0.1, 0.15) is 5.82 Å². The lowest BCUT2D eigenvalue weighted by Crippen LogP contribution is -2.51. The zero-order chi connectivity index (χ0) is 19.9. The molecule has 2 aliphatic rings. The minimum absolute atomic E-state index is 0.103. The fourth-order valence-electron chi connectivity index (χ4n) is 4.26. The lowest BCUT2D eigenvalue weighted by atomic mass is 9.93. The fourth-order valence-corrected chi connectivity index (χ4v) is 4.26. The molecule has 0 radical (unpaired) electrons. The molecular formula is C20H34N6O2. The third-order valence-electron chi connectivity index (χ3n) is 5.80. The van der Waals surface area contributed by atoms with Gasteiger partial charge in [-0.15, -0.1) is 0 Å². The number of rotatable bonds is 7. The van der Waals surface area contributed by atoms with Gasteiger partial charge in [-0.2, -0.15) is 4.98 Å². The highest BCUT2D eigenvalue weighted by molar-refractivity contribution is 5.78. The Labute approximate surface area is 168 Å². The summed E-state index contributed by atoms with van der Waals surface area (Å²) in [6.45, 7) is 7.12. The minimum Gasteiger partial charge on any atom is -0.383 e. The number of anilines is 2. The maximum atomic E-state index is 12.4. The average molecular weight is 391 g/mol. The standard InChI is InChI=1S/C20H34N6O2/c1-15-13-18(24-20(21-2)23-15)25-10-6-17(7-11-25)26-9-4-5-16(14-26)19(27)22-8-12-28-3/h13,16-17H,4-12,14H2,1-3H3,(H,22,27)(H,21,23,24). The third-order valence-corrected chi connectivity index (χ3v) is 5.80. The van der Waals surface area contributed by atoms with Gasteiger partial charge in [-0.1, -0.05) is 0 Å². The van der Waals surface area contributed by atoms with E-state index in [1.807, 2.05) is 14.0 Å². The molecule has 2 N–H and O–H groups in total. The van der Waals surface area contributed by atoms with Gasteiger partial charge in [0.25, 0.3) is 0 Å². The van der Waals surface area contributed by atoms with Crippen molar-refractivity contribution in [3.05, 3.63) is 11.8 Å². The Bertz CT molecular complexity index is 648. The normalized spacial score (nSPS) is 21.5. The van der Waals surface area contributed by atoms with Crippen LogP contribution in [-0.2, 0) is 9.53 Å². The Balaban J connectivity index is 1.51. The van der Waals surface area contributed by atoms with Crippen molar-refractivity contribution < 1.29 is 9.53 Å². The van der Waals surface area contributed by atoms with Crippen molar-refractivity contribution >= 4 is 17.7 Å². The number of ether oxygens (including phenoxy) is 1. The largest absolute Gasteiger partial charge is 0.383 e. The molecule has 0 aliphatic carbocycles. The van der Waals surface area contributed by atoms with E-state index >= 15 is 0 Å². The molecule has 156 valence electrons. The molecule has 0 saturated carbocycles. The molecular weight excluding hydrogens is 356 g/mol. The summed E-state index contributed by atoms with van der Waals surface area (Å²) in [4.78, 5) is 26.3. The molecule has 28 heavy (non-hydrogen) atoms. The van der Waals surface area contributed by atoms with E-state index in [4.69, 9.17) is 4.74 Å². The molecule has 2 saturated heterocycles. The van der Waals surface area contributed by atoms with Crippen LogP contribution in [-0.4, -0.2) is 80.3 Å². The summed E-state index contributed by atoms with van der Waals surface area (Å²) in [5.74, 6) is 1.96. The average Bonchev–Trinajstić information content (AvgIpc) is 2.73. The summed E-state index contributed by atoms with van der Waals surface area (Å²) >= 11 is 0. The van der Waals surface area contributed by atoms with E-state index in [9.17, 15) is 4.79 Å². The van der Waals surface area contributed by atoms with Crippen LogP contribution < -0.4 is 15.5 Å². The summed E-state index contributed by atoms with van der Waals surface area (Å²) in [5.41, 5.74) is 0.981.